The maximum absolute atomic E-state index is 13.8. The summed E-state index contributed by atoms with van der Waals surface area (Å²) in [6.45, 7) is 0. The SMILES string of the molecule is NS(=O)(=O)C(F)(C(F)(F)C(F)(F)F)C(F)(F)C(F)(F)C(F)(F)C(F)(F)C(F)(F)F. The molecular weight excluding hydrogens is 497 g/mol. The van der Waals surface area contributed by atoms with Gasteiger partial charge in [0.15, 0.2) is 0 Å². The molecular formula is C8H2F17NO2S. The molecule has 29 heavy (non-hydrogen) atoms. The lowest BCUT2D eigenvalue weighted by Crippen LogP contribution is -2.78. The molecule has 0 aliphatic rings. The summed E-state index contributed by atoms with van der Waals surface area (Å²) in [5.74, 6) is -43.0. The van der Waals surface area contributed by atoms with Crippen molar-refractivity contribution in [3.8, 4) is 0 Å². The van der Waals surface area contributed by atoms with Crippen LogP contribution >= 0.6 is 0 Å². The van der Waals surface area contributed by atoms with E-state index in [-0.39, 0.29) is 0 Å². The molecule has 0 fully saturated rings. The molecule has 176 valence electrons. The van der Waals surface area contributed by atoms with Gasteiger partial charge in [-0.1, -0.05) is 0 Å². The fourth-order valence-electron chi connectivity index (χ4n) is 1.51. The molecule has 0 aromatic heterocycles. The maximum atomic E-state index is 13.8. The summed E-state index contributed by atoms with van der Waals surface area (Å²) in [5, 5.41) is -5.11. The Kier molecular flexibility index (Phi) is 6.08. The second-order valence-electron chi connectivity index (χ2n) is 5.01. The van der Waals surface area contributed by atoms with E-state index < -0.39 is 57.0 Å². The molecule has 3 nitrogen and oxygen atoms in total. The van der Waals surface area contributed by atoms with Gasteiger partial charge in [-0.3, -0.25) is 0 Å². The van der Waals surface area contributed by atoms with Crippen LogP contribution in [0.3, 0.4) is 0 Å². The Balaban J connectivity index is 7.30. The van der Waals surface area contributed by atoms with Crippen molar-refractivity contribution in [1.29, 1.82) is 0 Å². The van der Waals surface area contributed by atoms with Crippen molar-refractivity contribution in [3.63, 3.8) is 0 Å². The van der Waals surface area contributed by atoms with E-state index in [2.05, 4.69) is 5.14 Å². The van der Waals surface area contributed by atoms with Crippen molar-refractivity contribution in [2.45, 2.75) is 47.0 Å². The number of nitrogens with two attached hydrogens (primary N) is 1. The lowest BCUT2D eigenvalue weighted by Gasteiger charge is -2.43. The third-order valence-electron chi connectivity index (χ3n) is 3.09. The number of rotatable bonds is 6. The number of alkyl halides is 17. The molecule has 0 spiro atoms. The van der Waals surface area contributed by atoms with Gasteiger partial charge in [-0.05, 0) is 0 Å². The fourth-order valence-corrected chi connectivity index (χ4v) is 2.47. The van der Waals surface area contributed by atoms with Gasteiger partial charge in [0.2, 0.25) is 0 Å². The Hall–Kier alpha value is -1.28. The van der Waals surface area contributed by atoms with E-state index in [0.717, 1.165) is 0 Å². The highest BCUT2D eigenvalue weighted by Crippen LogP contribution is 2.64. The minimum Gasteiger partial charge on any atom is -0.226 e. The van der Waals surface area contributed by atoms with Gasteiger partial charge in [0.1, 0.15) is 0 Å². The average molecular weight is 499 g/mol. The Bertz CT molecular complexity index is 734. The first-order valence-corrected chi connectivity index (χ1v) is 7.28. The van der Waals surface area contributed by atoms with Crippen molar-refractivity contribution in [2.24, 2.45) is 5.14 Å². The molecule has 1 atom stereocenters. The highest BCUT2D eigenvalue weighted by atomic mass is 32.2. The van der Waals surface area contributed by atoms with Crippen molar-refractivity contribution < 1.29 is 83.1 Å². The van der Waals surface area contributed by atoms with Crippen LogP contribution in [0.15, 0.2) is 0 Å². The molecule has 0 rings (SSSR count). The molecule has 1 unspecified atom stereocenters. The van der Waals surface area contributed by atoms with Gasteiger partial charge in [-0.15, -0.1) is 0 Å². The molecule has 0 bridgehead atoms. The third kappa shape index (κ3) is 3.26. The lowest BCUT2D eigenvalue weighted by atomic mass is 9.92. The predicted octanol–water partition coefficient (Wildman–Crippen LogP) is 4.24. The summed E-state index contributed by atoms with van der Waals surface area (Å²) in [7, 11) is -8.11. The van der Waals surface area contributed by atoms with E-state index in [4.69, 9.17) is 0 Å². The second kappa shape index (κ2) is 6.36. The van der Waals surface area contributed by atoms with Gasteiger partial charge in [0.05, 0.1) is 0 Å². The third-order valence-corrected chi connectivity index (χ3v) is 4.39. The van der Waals surface area contributed by atoms with E-state index >= 15 is 0 Å². The number of halogens is 17. The predicted molar refractivity (Wildman–Crippen MR) is 53.8 cm³/mol. The molecule has 0 aromatic rings. The first-order valence-electron chi connectivity index (χ1n) is 5.74. The van der Waals surface area contributed by atoms with Crippen LogP contribution in [-0.4, -0.2) is 55.4 Å². The zero-order valence-corrected chi connectivity index (χ0v) is 13.0. The Morgan fingerprint density at radius 3 is 0.862 bits per heavy atom. The van der Waals surface area contributed by atoms with Gasteiger partial charge in [0, 0.05) is 0 Å². The van der Waals surface area contributed by atoms with Crippen LogP contribution in [0.5, 0.6) is 0 Å². The number of primary sulfonamides is 1. The number of hydrogen-bond acceptors (Lipinski definition) is 2. The molecule has 0 saturated heterocycles. The number of hydrogen-bond donors (Lipinski definition) is 1. The van der Waals surface area contributed by atoms with E-state index in [1.165, 1.54) is 0 Å². The Morgan fingerprint density at radius 2 is 0.655 bits per heavy atom. The zero-order valence-electron chi connectivity index (χ0n) is 12.2. The van der Waals surface area contributed by atoms with Crippen molar-refractivity contribution >= 4 is 10.0 Å². The Labute approximate surface area is 146 Å². The van der Waals surface area contributed by atoms with Gasteiger partial charge in [-0.25, -0.2) is 17.9 Å². The van der Waals surface area contributed by atoms with Crippen molar-refractivity contribution in [1.82, 2.24) is 0 Å². The second-order valence-corrected chi connectivity index (χ2v) is 6.66. The van der Waals surface area contributed by atoms with Crippen LogP contribution in [0.25, 0.3) is 0 Å². The Morgan fingerprint density at radius 1 is 0.414 bits per heavy atom. The number of sulfonamides is 1. The monoisotopic (exact) mass is 499 g/mol. The minimum atomic E-state index is -8.85. The fraction of sp³-hybridized carbons (Fsp3) is 1.00. The zero-order chi connectivity index (χ0) is 24.5. The summed E-state index contributed by atoms with van der Waals surface area (Å²) in [6, 6.07) is 0. The van der Waals surface area contributed by atoms with Crippen LogP contribution in [0.4, 0.5) is 74.6 Å². The van der Waals surface area contributed by atoms with E-state index in [1.54, 1.807) is 0 Å². The van der Waals surface area contributed by atoms with Crippen molar-refractivity contribution in [2.75, 3.05) is 0 Å². The van der Waals surface area contributed by atoms with Gasteiger partial charge in [0.25, 0.3) is 10.0 Å². The highest BCUT2D eigenvalue weighted by molar-refractivity contribution is 7.90. The average Bonchev–Trinajstić information content (AvgIpc) is 2.41. The normalized spacial score (nSPS) is 18.6. The smallest absolute Gasteiger partial charge is 0.226 e. The van der Waals surface area contributed by atoms with Gasteiger partial charge in [-0.2, -0.15) is 70.2 Å². The molecule has 0 heterocycles. The van der Waals surface area contributed by atoms with Crippen LogP contribution < -0.4 is 5.14 Å². The van der Waals surface area contributed by atoms with Crippen LogP contribution in [-0.2, 0) is 10.0 Å². The largest absolute Gasteiger partial charge is 0.460 e. The highest BCUT2D eigenvalue weighted by Gasteiger charge is 2.97. The molecule has 0 amide bonds. The van der Waals surface area contributed by atoms with Gasteiger partial charge >= 0.3 is 47.0 Å². The van der Waals surface area contributed by atoms with Crippen LogP contribution in [0, 0.1) is 0 Å². The molecule has 0 radical (unpaired) electrons. The van der Waals surface area contributed by atoms with E-state index in [9.17, 15) is 83.1 Å². The maximum Gasteiger partial charge on any atom is 0.460 e. The lowest BCUT2D eigenvalue weighted by molar-refractivity contribution is -0.441. The van der Waals surface area contributed by atoms with E-state index in [1.807, 2.05) is 0 Å². The standard InChI is InChI=1S/C8H2F17NO2S/c9-1(10,2(11,12)4(15,16)7(20,21)22)3(13,14)6(19,29(26,27)28)5(17,18)8(23,24)25/h(H2,26,27,28). The summed E-state index contributed by atoms with van der Waals surface area (Å²) in [4.78, 5) is 0. The van der Waals surface area contributed by atoms with Crippen LogP contribution in [0.1, 0.15) is 0 Å². The molecule has 0 saturated carbocycles. The topological polar surface area (TPSA) is 60.2 Å². The minimum absolute atomic E-state index is 3.27. The summed E-state index contributed by atoms with van der Waals surface area (Å²) in [5.41, 5.74) is 0. The first kappa shape index (κ1) is 27.7. The molecule has 0 aliphatic carbocycles. The summed E-state index contributed by atoms with van der Waals surface area (Å²) >= 11 is 0. The summed E-state index contributed by atoms with van der Waals surface area (Å²) in [6.07, 6.45) is -15.8. The van der Waals surface area contributed by atoms with E-state index in [0.29, 0.717) is 0 Å². The quantitative estimate of drug-likeness (QED) is 0.557. The molecule has 0 aromatic carbocycles. The van der Waals surface area contributed by atoms with Gasteiger partial charge < -0.3 is 0 Å². The van der Waals surface area contributed by atoms with Crippen molar-refractivity contribution in [3.05, 3.63) is 0 Å². The van der Waals surface area contributed by atoms with Crippen LogP contribution in [0.2, 0.25) is 0 Å². The first-order chi connectivity index (χ1) is 12.0. The summed E-state index contributed by atoms with van der Waals surface area (Å²) < 4.78 is 237. The molecule has 2 N–H and O–H groups in total. The molecule has 0 aliphatic heterocycles. The molecule has 21 heteroatoms.